The molecular weight excluding hydrogens is 394 g/mol. The summed E-state index contributed by atoms with van der Waals surface area (Å²) in [5, 5.41) is 14.9. The Balaban J connectivity index is 1.38. The maximum Gasteiger partial charge on any atom is 0.251 e. The third kappa shape index (κ3) is 4.92. The smallest absolute Gasteiger partial charge is 0.251 e. The molecule has 31 heavy (non-hydrogen) atoms. The van der Waals surface area contributed by atoms with Gasteiger partial charge in [0.25, 0.3) is 5.91 Å². The van der Waals surface area contributed by atoms with Gasteiger partial charge >= 0.3 is 0 Å². The number of pyridine rings is 2. The van der Waals surface area contributed by atoms with E-state index in [4.69, 9.17) is 10.5 Å². The van der Waals surface area contributed by atoms with Crippen LogP contribution in [0.15, 0.2) is 55.0 Å². The van der Waals surface area contributed by atoms with Crippen molar-refractivity contribution in [3.8, 4) is 5.75 Å². The average Bonchev–Trinajstić information content (AvgIpc) is 3.19. The van der Waals surface area contributed by atoms with Crippen LogP contribution in [0.3, 0.4) is 0 Å². The number of aromatic nitrogens is 2. The molecule has 1 saturated heterocycles. The molecule has 1 fully saturated rings. The minimum absolute atomic E-state index is 0.169. The number of benzene rings is 1. The zero-order valence-corrected chi connectivity index (χ0v) is 17.3. The van der Waals surface area contributed by atoms with Gasteiger partial charge in [-0.25, -0.2) is 0 Å². The van der Waals surface area contributed by atoms with E-state index in [0.717, 1.165) is 23.0 Å². The molecule has 1 aliphatic rings. The molecule has 0 radical (unpaired) electrons. The van der Waals surface area contributed by atoms with Gasteiger partial charge in [0.15, 0.2) is 0 Å². The minimum Gasteiger partial charge on any atom is -0.494 e. The van der Waals surface area contributed by atoms with Crippen molar-refractivity contribution in [3.05, 3.63) is 60.6 Å². The van der Waals surface area contributed by atoms with E-state index in [-0.39, 0.29) is 12.5 Å². The second-order valence-electron chi connectivity index (χ2n) is 7.82. The molecule has 4 rings (SSSR count). The molecule has 3 aromatic rings. The lowest BCUT2D eigenvalue weighted by molar-refractivity contribution is 0.0576. The maximum atomic E-state index is 12.6. The lowest BCUT2D eigenvalue weighted by Gasteiger charge is -2.25. The number of anilines is 1. The van der Waals surface area contributed by atoms with Crippen LogP contribution >= 0.6 is 0 Å². The second kappa shape index (κ2) is 9.28. The summed E-state index contributed by atoms with van der Waals surface area (Å²) in [4.78, 5) is 23.3. The van der Waals surface area contributed by atoms with Gasteiger partial charge < -0.3 is 25.8 Å². The lowest BCUT2D eigenvalue weighted by Crippen LogP contribution is -2.45. The summed E-state index contributed by atoms with van der Waals surface area (Å²) in [6.45, 7) is 2.34. The SMILES string of the molecule is NCCCOc1cccc(C(=O)NC[C@]2(O)CCN(c3ccnc4ccncc34)C2)c1. The fourth-order valence-corrected chi connectivity index (χ4v) is 3.80. The summed E-state index contributed by atoms with van der Waals surface area (Å²) in [7, 11) is 0. The molecule has 8 heteroatoms. The highest BCUT2D eigenvalue weighted by Crippen LogP contribution is 2.31. The number of hydrogen-bond donors (Lipinski definition) is 3. The van der Waals surface area contributed by atoms with Crippen molar-refractivity contribution >= 4 is 22.5 Å². The Morgan fingerprint density at radius 3 is 3.06 bits per heavy atom. The third-order valence-corrected chi connectivity index (χ3v) is 5.48. The monoisotopic (exact) mass is 421 g/mol. The Bertz CT molecular complexity index is 1050. The lowest BCUT2D eigenvalue weighted by atomic mass is 10.0. The zero-order valence-electron chi connectivity index (χ0n) is 17.3. The number of aliphatic hydroxyl groups is 1. The Hall–Kier alpha value is -3.23. The van der Waals surface area contributed by atoms with Gasteiger partial charge in [-0.1, -0.05) is 6.07 Å². The number of fused-ring (bicyclic) bond motifs is 1. The molecule has 0 aliphatic carbocycles. The van der Waals surface area contributed by atoms with Crippen molar-refractivity contribution in [2.75, 3.05) is 37.7 Å². The number of hydrogen-bond acceptors (Lipinski definition) is 7. The molecular formula is C23H27N5O3. The summed E-state index contributed by atoms with van der Waals surface area (Å²) in [6, 6.07) is 10.8. The van der Waals surface area contributed by atoms with Gasteiger partial charge in [0.2, 0.25) is 0 Å². The summed E-state index contributed by atoms with van der Waals surface area (Å²) in [5.41, 5.74) is 6.82. The predicted octanol–water partition coefficient (Wildman–Crippen LogP) is 1.73. The molecule has 0 spiro atoms. The van der Waals surface area contributed by atoms with Gasteiger partial charge in [0.05, 0.1) is 12.1 Å². The summed E-state index contributed by atoms with van der Waals surface area (Å²) in [5.74, 6) is 0.389. The maximum absolute atomic E-state index is 12.6. The van der Waals surface area contributed by atoms with Crippen molar-refractivity contribution < 1.29 is 14.6 Å². The number of amides is 1. The zero-order chi connectivity index (χ0) is 21.7. The molecule has 162 valence electrons. The number of nitrogens with one attached hydrogen (secondary N) is 1. The van der Waals surface area contributed by atoms with Crippen LogP contribution in [-0.2, 0) is 0 Å². The largest absolute Gasteiger partial charge is 0.494 e. The number of rotatable bonds is 8. The fraction of sp³-hybridized carbons (Fsp3) is 0.348. The van der Waals surface area contributed by atoms with Crippen LogP contribution in [0.2, 0.25) is 0 Å². The quantitative estimate of drug-likeness (QED) is 0.475. The van der Waals surface area contributed by atoms with E-state index in [2.05, 4.69) is 20.2 Å². The van der Waals surface area contributed by atoms with Gasteiger partial charge in [-0.05, 0) is 49.7 Å². The number of carbonyl (C=O) groups is 1. The molecule has 0 saturated carbocycles. The molecule has 8 nitrogen and oxygen atoms in total. The van der Waals surface area contributed by atoms with E-state index < -0.39 is 5.60 Å². The van der Waals surface area contributed by atoms with Crippen LogP contribution in [0.1, 0.15) is 23.2 Å². The van der Waals surface area contributed by atoms with Crippen molar-refractivity contribution in [2.24, 2.45) is 5.73 Å². The number of ether oxygens (including phenoxy) is 1. The molecule has 2 aromatic heterocycles. The van der Waals surface area contributed by atoms with Crippen molar-refractivity contribution in [2.45, 2.75) is 18.4 Å². The van der Waals surface area contributed by atoms with Gasteiger partial charge in [-0.2, -0.15) is 0 Å². The van der Waals surface area contributed by atoms with Crippen molar-refractivity contribution in [3.63, 3.8) is 0 Å². The first-order chi connectivity index (χ1) is 15.1. The first-order valence-corrected chi connectivity index (χ1v) is 10.5. The fourth-order valence-electron chi connectivity index (χ4n) is 3.80. The number of β-amino-alcohol motifs (C(OH)–C–C–N with tert-alkyl or cyclic N) is 1. The molecule has 4 N–H and O–H groups in total. The third-order valence-electron chi connectivity index (χ3n) is 5.48. The van der Waals surface area contributed by atoms with Gasteiger partial charge in [0.1, 0.15) is 11.4 Å². The summed E-state index contributed by atoms with van der Waals surface area (Å²) in [6.07, 6.45) is 6.58. The Labute approximate surface area is 181 Å². The number of nitrogens with zero attached hydrogens (tertiary/aromatic N) is 3. The Morgan fingerprint density at radius 1 is 1.29 bits per heavy atom. The Morgan fingerprint density at radius 2 is 2.19 bits per heavy atom. The van der Waals surface area contributed by atoms with Crippen molar-refractivity contribution in [1.29, 1.82) is 0 Å². The van der Waals surface area contributed by atoms with Crippen LogP contribution in [-0.4, -0.2) is 59.4 Å². The molecule has 3 heterocycles. The first-order valence-electron chi connectivity index (χ1n) is 10.5. The van der Waals surface area contributed by atoms with Gasteiger partial charge in [-0.3, -0.25) is 14.8 Å². The van der Waals surface area contributed by atoms with Gasteiger partial charge in [0, 0.05) is 54.9 Å². The molecule has 1 aromatic carbocycles. The summed E-state index contributed by atoms with van der Waals surface area (Å²) < 4.78 is 5.61. The van der Waals surface area contributed by atoms with Crippen LogP contribution in [0.4, 0.5) is 5.69 Å². The first kappa shape index (κ1) is 21.0. The Kier molecular flexibility index (Phi) is 6.29. The molecule has 0 unspecified atom stereocenters. The molecule has 1 amide bonds. The average molecular weight is 422 g/mol. The van der Waals surface area contributed by atoms with Gasteiger partial charge in [-0.15, -0.1) is 0 Å². The highest BCUT2D eigenvalue weighted by atomic mass is 16.5. The van der Waals surface area contributed by atoms with Crippen LogP contribution in [0.5, 0.6) is 5.75 Å². The van der Waals surface area contributed by atoms with E-state index in [1.807, 2.05) is 18.2 Å². The van der Waals surface area contributed by atoms with E-state index in [1.165, 1.54) is 0 Å². The highest BCUT2D eigenvalue weighted by molar-refractivity contribution is 5.94. The van der Waals surface area contributed by atoms with Crippen LogP contribution in [0, 0.1) is 0 Å². The van der Waals surface area contributed by atoms with E-state index >= 15 is 0 Å². The summed E-state index contributed by atoms with van der Waals surface area (Å²) >= 11 is 0. The number of nitrogens with two attached hydrogens (primary N) is 1. The van der Waals surface area contributed by atoms with E-state index in [9.17, 15) is 9.90 Å². The highest BCUT2D eigenvalue weighted by Gasteiger charge is 2.37. The van der Waals surface area contributed by atoms with E-state index in [1.54, 1.807) is 36.8 Å². The predicted molar refractivity (Wildman–Crippen MR) is 119 cm³/mol. The minimum atomic E-state index is -1.01. The normalized spacial score (nSPS) is 18.3. The topological polar surface area (TPSA) is 114 Å². The number of carbonyl (C=O) groups excluding carboxylic acids is 1. The second-order valence-corrected chi connectivity index (χ2v) is 7.82. The van der Waals surface area contributed by atoms with Crippen molar-refractivity contribution in [1.82, 2.24) is 15.3 Å². The molecule has 1 aliphatic heterocycles. The molecule has 1 atom stereocenters. The van der Waals surface area contributed by atoms with Crippen LogP contribution in [0.25, 0.3) is 10.9 Å². The molecule has 0 bridgehead atoms. The van der Waals surface area contributed by atoms with E-state index in [0.29, 0.717) is 44.0 Å². The standard InChI is InChI=1S/C23H27N5O3/c24-8-2-12-31-18-4-1-3-17(13-18)22(29)27-15-23(30)7-11-28(16-23)21-6-10-26-20-5-9-25-14-19(20)21/h1,3-6,9-10,13-14,30H,2,7-8,11-12,15-16,24H2,(H,27,29)/t23-/m1/s1. The van der Waals surface area contributed by atoms with Crippen LogP contribution < -0.4 is 20.7 Å².